The first-order valence-corrected chi connectivity index (χ1v) is 10.8. The van der Waals surface area contributed by atoms with Gasteiger partial charge in [-0.05, 0) is 43.4 Å². The molecule has 6 nitrogen and oxygen atoms in total. The van der Waals surface area contributed by atoms with Crippen LogP contribution in [0.1, 0.15) is 50.2 Å². The summed E-state index contributed by atoms with van der Waals surface area (Å²) in [5, 5.41) is 9.64. The van der Waals surface area contributed by atoms with E-state index in [1.165, 1.54) is 30.4 Å². The molecule has 162 valence electrons. The highest BCUT2D eigenvalue weighted by Crippen LogP contribution is 2.26. The van der Waals surface area contributed by atoms with Crippen LogP contribution in [0.15, 0.2) is 23.2 Å². The Labute approximate surface area is 191 Å². The molecule has 7 heteroatoms. The smallest absolute Gasteiger partial charge is 0.223 e. The molecule has 1 aromatic carbocycles. The van der Waals surface area contributed by atoms with Crippen molar-refractivity contribution < 1.29 is 9.53 Å². The molecule has 3 N–H and O–H groups in total. The molecule has 1 aromatic rings. The van der Waals surface area contributed by atoms with E-state index in [0.717, 1.165) is 57.1 Å². The Morgan fingerprint density at radius 2 is 1.93 bits per heavy atom. The molecule has 0 saturated heterocycles. The van der Waals surface area contributed by atoms with Gasteiger partial charge in [0.15, 0.2) is 5.96 Å². The van der Waals surface area contributed by atoms with Crippen molar-refractivity contribution in [3.05, 3.63) is 29.3 Å². The van der Waals surface area contributed by atoms with Crippen LogP contribution in [0.2, 0.25) is 0 Å². The molecule has 1 amide bonds. The second-order valence-corrected chi connectivity index (χ2v) is 7.60. The lowest BCUT2D eigenvalue weighted by atomic mass is 9.89. The van der Waals surface area contributed by atoms with Crippen molar-refractivity contribution in [1.82, 2.24) is 16.0 Å². The van der Waals surface area contributed by atoms with E-state index < -0.39 is 0 Å². The fraction of sp³-hybridized carbons (Fsp3) is 0.636. The summed E-state index contributed by atoms with van der Waals surface area (Å²) >= 11 is 0. The molecule has 0 aromatic heterocycles. The van der Waals surface area contributed by atoms with Gasteiger partial charge in [-0.1, -0.05) is 31.4 Å². The molecule has 0 spiro atoms. The van der Waals surface area contributed by atoms with Gasteiger partial charge in [-0.25, -0.2) is 0 Å². The molecule has 0 bridgehead atoms. The number of ether oxygens (including phenoxy) is 1. The molecule has 1 saturated carbocycles. The van der Waals surface area contributed by atoms with Crippen molar-refractivity contribution in [3.63, 3.8) is 0 Å². The summed E-state index contributed by atoms with van der Waals surface area (Å²) in [4.78, 5) is 16.8. The number of benzene rings is 1. The average molecular weight is 514 g/mol. The lowest BCUT2D eigenvalue weighted by molar-refractivity contribution is -0.125. The zero-order valence-corrected chi connectivity index (χ0v) is 19.8. The first-order valence-electron chi connectivity index (χ1n) is 10.8. The number of carbonyl (C=O) groups is 1. The standard InChI is InChI=1S/C22H34N4O2.HI/c1-2-23-22(26-14-13-24-21(27)18-6-4-3-5-7-18)25-12-10-17-8-9-20-19(16-17)11-15-28-20;/h8-9,16,18H,2-7,10-15H2,1H3,(H,24,27)(H2,23,25,26);1H. The number of nitrogens with one attached hydrogen (secondary N) is 3. The minimum atomic E-state index is 0. The lowest BCUT2D eigenvalue weighted by Gasteiger charge is -2.21. The number of carbonyl (C=O) groups excluding carboxylic acids is 1. The molecular weight excluding hydrogens is 479 g/mol. The summed E-state index contributed by atoms with van der Waals surface area (Å²) in [5.41, 5.74) is 2.60. The number of hydrogen-bond acceptors (Lipinski definition) is 3. The zero-order chi connectivity index (χ0) is 19.6. The van der Waals surface area contributed by atoms with Crippen LogP contribution in [0.5, 0.6) is 5.75 Å². The number of amides is 1. The first-order chi connectivity index (χ1) is 13.8. The first kappa shape index (κ1) is 23.8. The van der Waals surface area contributed by atoms with Crippen molar-refractivity contribution in [2.45, 2.75) is 51.9 Å². The van der Waals surface area contributed by atoms with Gasteiger partial charge in [-0.3, -0.25) is 9.79 Å². The highest BCUT2D eigenvalue weighted by molar-refractivity contribution is 14.0. The van der Waals surface area contributed by atoms with Crippen LogP contribution in [0.3, 0.4) is 0 Å². The van der Waals surface area contributed by atoms with Gasteiger partial charge in [0, 0.05) is 38.5 Å². The third-order valence-electron chi connectivity index (χ3n) is 5.46. The quantitative estimate of drug-likeness (QED) is 0.216. The normalized spacial score (nSPS) is 16.4. The number of aliphatic imine (C=N–C) groups is 1. The number of fused-ring (bicyclic) bond motifs is 1. The van der Waals surface area contributed by atoms with Crippen molar-refractivity contribution in [2.75, 3.05) is 32.8 Å². The molecule has 0 unspecified atom stereocenters. The van der Waals surface area contributed by atoms with Gasteiger partial charge in [-0.15, -0.1) is 24.0 Å². The minimum Gasteiger partial charge on any atom is -0.493 e. The predicted molar refractivity (Wildman–Crippen MR) is 128 cm³/mol. The molecule has 2 aliphatic rings. The highest BCUT2D eigenvalue weighted by atomic mass is 127. The molecule has 29 heavy (non-hydrogen) atoms. The van der Waals surface area contributed by atoms with E-state index in [9.17, 15) is 4.79 Å². The lowest BCUT2D eigenvalue weighted by Crippen LogP contribution is -2.42. The predicted octanol–water partition coefficient (Wildman–Crippen LogP) is 3.03. The van der Waals surface area contributed by atoms with E-state index in [0.29, 0.717) is 13.1 Å². The third kappa shape index (κ3) is 7.68. The van der Waals surface area contributed by atoms with Crippen LogP contribution in [-0.2, 0) is 17.6 Å². The van der Waals surface area contributed by atoms with E-state index in [4.69, 9.17) is 4.74 Å². The number of rotatable bonds is 8. The van der Waals surface area contributed by atoms with Crippen molar-refractivity contribution in [2.24, 2.45) is 10.9 Å². The molecule has 1 heterocycles. The molecule has 0 atom stereocenters. The Kier molecular flexibility index (Phi) is 10.6. The topological polar surface area (TPSA) is 74.8 Å². The zero-order valence-electron chi connectivity index (χ0n) is 17.5. The van der Waals surface area contributed by atoms with Gasteiger partial charge < -0.3 is 20.7 Å². The van der Waals surface area contributed by atoms with Crippen LogP contribution in [0.25, 0.3) is 0 Å². The second-order valence-electron chi connectivity index (χ2n) is 7.60. The SMILES string of the molecule is CCNC(=NCCc1ccc2c(c1)CCO2)NCCNC(=O)C1CCCCC1.I. The number of guanidine groups is 1. The highest BCUT2D eigenvalue weighted by Gasteiger charge is 2.20. The molecule has 0 radical (unpaired) electrons. The Bertz CT molecular complexity index is 675. The average Bonchev–Trinajstić information content (AvgIpc) is 3.19. The van der Waals surface area contributed by atoms with Crippen LogP contribution in [-0.4, -0.2) is 44.7 Å². The second kappa shape index (κ2) is 12.9. The van der Waals surface area contributed by atoms with Gasteiger partial charge >= 0.3 is 0 Å². The summed E-state index contributed by atoms with van der Waals surface area (Å²) < 4.78 is 5.56. The maximum absolute atomic E-state index is 12.2. The maximum atomic E-state index is 12.2. The number of nitrogens with zero attached hydrogens (tertiary/aromatic N) is 1. The molecular formula is C22H35IN4O2. The van der Waals surface area contributed by atoms with Gasteiger partial charge in [0.1, 0.15) is 5.75 Å². The molecule has 1 aliphatic carbocycles. The van der Waals surface area contributed by atoms with Crippen molar-refractivity contribution in [1.29, 1.82) is 0 Å². The van der Waals surface area contributed by atoms with E-state index in [-0.39, 0.29) is 35.8 Å². The van der Waals surface area contributed by atoms with E-state index in [1.54, 1.807) is 0 Å². The minimum absolute atomic E-state index is 0. The largest absolute Gasteiger partial charge is 0.493 e. The van der Waals surface area contributed by atoms with Gasteiger partial charge in [-0.2, -0.15) is 0 Å². The summed E-state index contributed by atoms with van der Waals surface area (Å²) in [6.07, 6.45) is 7.63. The van der Waals surface area contributed by atoms with Gasteiger partial charge in [0.25, 0.3) is 0 Å². The van der Waals surface area contributed by atoms with Crippen molar-refractivity contribution >= 4 is 35.8 Å². The van der Waals surface area contributed by atoms with Crippen LogP contribution in [0.4, 0.5) is 0 Å². The fourth-order valence-electron chi connectivity index (χ4n) is 3.91. The molecule has 1 fully saturated rings. The van der Waals surface area contributed by atoms with Crippen LogP contribution < -0.4 is 20.7 Å². The van der Waals surface area contributed by atoms with E-state index in [2.05, 4.69) is 46.1 Å². The van der Waals surface area contributed by atoms with Crippen LogP contribution >= 0.6 is 24.0 Å². The Balaban J connectivity index is 0.00000300. The van der Waals surface area contributed by atoms with E-state index in [1.807, 2.05) is 0 Å². The van der Waals surface area contributed by atoms with Crippen LogP contribution in [0, 0.1) is 5.92 Å². The van der Waals surface area contributed by atoms with Gasteiger partial charge in [0.2, 0.25) is 5.91 Å². The summed E-state index contributed by atoms with van der Waals surface area (Å²) in [6.45, 7) is 5.70. The van der Waals surface area contributed by atoms with E-state index >= 15 is 0 Å². The third-order valence-corrected chi connectivity index (χ3v) is 5.46. The summed E-state index contributed by atoms with van der Waals surface area (Å²) in [6, 6.07) is 6.43. The Morgan fingerprint density at radius 1 is 1.14 bits per heavy atom. The Morgan fingerprint density at radius 3 is 2.72 bits per heavy atom. The number of halogens is 1. The van der Waals surface area contributed by atoms with Gasteiger partial charge in [0.05, 0.1) is 6.61 Å². The maximum Gasteiger partial charge on any atom is 0.223 e. The monoisotopic (exact) mass is 514 g/mol. The Hall–Kier alpha value is -1.51. The van der Waals surface area contributed by atoms with Crippen molar-refractivity contribution in [3.8, 4) is 5.75 Å². The fourth-order valence-corrected chi connectivity index (χ4v) is 3.91. The number of hydrogen-bond donors (Lipinski definition) is 3. The summed E-state index contributed by atoms with van der Waals surface area (Å²) in [5.74, 6) is 2.26. The molecule has 3 rings (SSSR count). The summed E-state index contributed by atoms with van der Waals surface area (Å²) in [7, 11) is 0. The molecule has 1 aliphatic heterocycles.